The number of hydrogen-bond acceptors (Lipinski definition) is 2. The molecule has 0 aliphatic rings. The van der Waals surface area contributed by atoms with Gasteiger partial charge >= 0.3 is 6.18 Å². The quantitative estimate of drug-likeness (QED) is 0.839. The summed E-state index contributed by atoms with van der Waals surface area (Å²) in [5.41, 5.74) is -0.722. The van der Waals surface area contributed by atoms with E-state index in [2.05, 4.69) is 5.32 Å². The number of anilines is 1. The Morgan fingerprint density at radius 2 is 1.47 bits per heavy atom. The van der Waals surface area contributed by atoms with Gasteiger partial charge in [0, 0.05) is 16.7 Å². The van der Waals surface area contributed by atoms with Gasteiger partial charge in [-0.1, -0.05) is 20.8 Å². The number of Topliss-reactive ketones (excluding diaryl/α,β-unsaturated/α-hetero) is 1. The summed E-state index contributed by atoms with van der Waals surface area (Å²) in [6.07, 6.45) is -4.89. The van der Waals surface area contributed by atoms with Gasteiger partial charge in [-0.3, -0.25) is 9.59 Å². The molecule has 0 aliphatic heterocycles. The molecule has 19 heavy (non-hydrogen) atoms. The summed E-state index contributed by atoms with van der Waals surface area (Å²) < 4.78 is 36.5. The predicted octanol–water partition coefficient (Wildman–Crippen LogP) is 3.42. The molecule has 3 nitrogen and oxygen atoms in total. The lowest BCUT2D eigenvalue weighted by Crippen LogP contribution is -2.27. The molecule has 0 radical (unpaired) electrons. The molecule has 0 unspecified atom stereocenters. The average Bonchev–Trinajstić information content (AvgIpc) is 2.26. The summed E-state index contributed by atoms with van der Waals surface area (Å²) in [6.45, 7) is 5.14. The van der Waals surface area contributed by atoms with Crippen molar-refractivity contribution in [2.24, 2.45) is 5.41 Å². The number of alkyl halides is 3. The minimum atomic E-state index is -4.89. The van der Waals surface area contributed by atoms with Crippen LogP contribution >= 0.6 is 0 Å². The highest BCUT2D eigenvalue weighted by atomic mass is 19.4. The highest BCUT2D eigenvalue weighted by Gasteiger charge is 2.39. The van der Waals surface area contributed by atoms with Crippen molar-refractivity contribution in [2.45, 2.75) is 26.9 Å². The van der Waals surface area contributed by atoms with Gasteiger partial charge < -0.3 is 5.32 Å². The number of nitrogens with one attached hydrogen (secondary N) is 1. The van der Waals surface area contributed by atoms with Gasteiger partial charge in [-0.25, -0.2) is 0 Å². The number of ketones is 1. The van der Waals surface area contributed by atoms with Gasteiger partial charge in [-0.2, -0.15) is 13.2 Å². The van der Waals surface area contributed by atoms with E-state index in [1.165, 1.54) is 12.1 Å². The normalized spacial score (nSPS) is 12.1. The van der Waals surface area contributed by atoms with E-state index in [9.17, 15) is 22.8 Å². The van der Waals surface area contributed by atoms with Gasteiger partial charge in [0.1, 0.15) is 0 Å². The third-order valence-corrected chi connectivity index (χ3v) is 2.34. The molecular weight excluding hydrogens is 259 g/mol. The molecule has 0 bridgehead atoms. The lowest BCUT2D eigenvalue weighted by atomic mass is 9.95. The summed E-state index contributed by atoms with van der Waals surface area (Å²) in [7, 11) is 0. The molecule has 1 aromatic rings. The Labute approximate surface area is 108 Å². The Balaban J connectivity index is 2.84. The molecule has 1 amide bonds. The predicted molar refractivity (Wildman–Crippen MR) is 64.9 cm³/mol. The second kappa shape index (κ2) is 5.03. The van der Waals surface area contributed by atoms with E-state index in [1.807, 2.05) is 0 Å². The van der Waals surface area contributed by atoms with Crippen molar-refractivity contribution in [1.29, 1.82) is 0 Å². The van der Waals surface area contributed by atoms with E-state index < -0.39 is 22.9 Å². The molecule has 0 aliphatic carbocycles. The number of amides is 1. The molecule has 0 spiro atoms. The summed E-state index contributed by atoms with van der Waals surface area (Å²) >= 11 is 0. The number of carbonyl (C=O) groups excluding carboxylic acids is 2. The van der Waals surface area contributed by atoms with Gasteiger partial charge in [-0.15, -0.1) is 0 Å². The van der Waals surface area contributed by atoms with Crippen LogP contribution in [-0.2, 0) is 4.79 Å². The first kappa shape index (κ1) is 15.2. The SMILES string of the molecule is CC(C)(C)C(=O)Nc1ccc(C(=O)C(F)(F)F)cc1. The number of carbonyl (C=O) groups is 2. The maximum absolute atomic E-state index is 12.2. The van der Waals surface area contributed by atoms with Crippen LogP contribution in [0.4, 0.5) is 18.9 Å². The van der Waals surface area contributed by atoms with Crippen molar-refractivity contribution in [1.82, 2.24) is 0 Å². The fourth-order valence-electron chi connectivity index (χ4n) is 1.19. The number of halogens is 3. The Morgan fingerprint density at radius 1 is 1.00 bits per heavy atom. The molecule has 6 heteroatoms. The van der Waals surface area contributed by atoms with Crippen LogP contribution < -0.4 is 5.32 Å². The molecule has 1 rings (SSSR count). The largest absolute Gasteiger partial charge is 0.454 e. The highest BCUT2D eigenvalue weighted by Crippen LogP contribution is 2.23. The minimum absolute atomic E-state index is 0.262. The molecule has 0 saturated carbocycles. The molecule has 0 atom stereocenters. The van der Waals surface area contributed by atoms with Crippen LogP contribution in [0.15, 0.2) is 24.3 Å². The minimum Gasteiger partial charge on any atom is -0.326 e. The Hall–Kier alpha value is -1.85. The zero-order valence-corrected chi connectivity index (χ0v) is 10.8. The lowest BCUT2D eigenvalue weighted by molar-refractivity contribution is -0.123. The van der Waals surface area contributed by atoms with Gasteiger partial charge in [0.05, 0.1) is 0 Å². The van der Waals surface area contributed by atoms with E-state index >= 15 is 0 Å². The molecule has 1 aromatic carbocycles. The highest BCUT2D eigenvalue weighted by molar-refractivity contribution is 6.01. The van der Waals surface area contributed by atoms with Crippen molar-refractivity contribution in [3.8, 4) is 0 Å². The smallest absolute Gasteiger partial charge is 0.326 e. The standard InChI is InChI=1S/C13H14F3NO2/c1-12(2,3)11(19)17-9-6-4-8(5-7-9)10(18)13(14,15)16/h4-7H,1-3H3,(H,17,19). The number of rotatable bonds is 2. The molecule has 0 heterocycles. The van der Waals surface area contributed by atoms with E-state index in [1.54, 1.807) is 20.8 Å². The first-order valence-corrected chi connectivity index (χ1v) is 5.55. The second-order valence-electron chi connectivity index (χ2n) is 5.11. The fraction of sp³-hybridized carbons (Fsp3) is 0.385. The van der Waals surface area contributed by atoms with Crippen molar-refractivity contribution in [2.75, 3.05) is 5.32 Å². The van der Waals surface area contributed by atoms with Crippen molar-refractivity contribution >= 4 is 17.4 Å². The van der Waals surface area contributed by atoms with Crippen LogP contribution in [0.25, 0.3) is 0 Å². The van der Waals surface area contributed by atoms with Crippen molar-refractivity contribution in [3.63, 3.8) is 0 Å². The molecule has 0 aromatic heterocycles. The van der Waals surface area contributed by atoms with Gasteiger partial charge in [0.2, 0.25) is 5.91 Å². The molecule has 0 fully saturated rings. The summed E-state index contributed by atoms with van der Waals surface area (Å²) in [5.74, 6) is -2.16. The summed E-state index contributed by atoms with van der Waals surface area (Å²) in [6, 6.07) is 4.60. The van der Waals surface area contributed by atoms with Gasteiger partial charge in [-0.05, 0) is 24.3 Å². The summed E-state index contributed by atoms with van der Waals surface area (Å²) in [5, 5.41) is 2.56. The van der Waals surface area contributed by atoms with E-state index in [4.69, 9.17) is 0 Å². The lowest BCUT2D eigenvalue weighted by Gasteiger charge is -2.17. The van der Waals surface area contributed by atoms with Gasteiger partial charge in [0.25, 0.3) is 5.78 Å². The maximum Gasteiger partial charge on any atom is 0.454 e. The average molecular weight is 273 g/mol. The first-order valence-electron chi connectivity index (χ1n) is 5.55. The Morgan fingerprint density at radius 3 is 1.84 bits per heavy atom. The molecular formula is C13H14F3NO2. The zero-order valence-electron chi connectivity index (χ0n) is 10.8. The third-order valence-electron chi connectivity index (χ3n) is 2.34. The molecule has 104 valence electrons. The van der Waals surface area contributed by atoms with Crippen molar-refractivity contribution < 1.29 is 22.8 Å². The van der Waals surface area contributed by atoms with Crippen LogP contribution in [0.5, 0.6) is 0 Å². The molecule has 0 saturated heterocycles. The maximum atomic E-state index is 12.2. The second-order valence-corrected chi connectivity index (χ2v) is 5.11. The fourth-order valence-corrected chi connectivity index (χ4v) is 1.19. The van der Waals surface area contributed by atoms with Crippen LogP contribution in [0.2, 0.25) is 0 Å². The third kappa shape index (κ3) is 4.08. The van der Waals surface area contributed by atoms with Crippen LogP contribution in [0.3, 0.4) is 0 Å². The van der Waals surface area contributed by atoms with Crippen molar-refractivity contribution in [3.05, 3.63) is 29.8 Å². The topological polar surface area (TPSA) is 46.2 Å². The number of hydrogen-bond donors (Lipinski definition) is 1. The van der Waals surface area contributed by atoms with Gasteiger partial charge in [0.15, 0.2) is 0 Å². The Kier molecular flexibility index (Phi) is 4.03. The Bertz CT molecular complexity index is 484. The van der Waals surface area contributed by atoms with E-state index in [-0.39, 0.29) is 5.91 Å². The zero-order chi connectivity index (χ0) is 14.8. The molecule has 1 N–H and O–H groups in total. The first-order chi connectivity index (χ1) is 8.51. The van der Waals surface area contributed by atoms with Crippen LogP contribution in [0, 0.1) is 5.41 Å². The number of benzene rings is 1. The van der Waals surface area contributed by atoms with E-state index in [0.29, 0.717) is 5.69 Å². The van der Waals surface area contributed by atoms with Crippen LogP contribution in [0.1, 0.15) is 31.1 Å². The summed E-state index contributed by atoms with van der Waals surface area (Å²) in [4.78, 5) is 22.6. The van der Waals surface area contributed by atoms with E-state index in [0.717, 1.165) is 12.1 Å². The van der Waals surface area contributed by atoms with Crippen LogP contribution in [-0.4, -0.2) is 17.9 Å². The monoisotopic (exact) mass is 273 g/mol.